The summed E-state index contributed by atoms with van der Waals surface area (Å²) in [4.78, 5) is 28.9. The fraction of sp³-hybridized carbons (Fsp3) is 0.0909. The number of hydrogen-bond acceptors (Lipinski definition) is 3. The Bertz CT molecular complexity index is 1020. The Morgan fingerprint density at radius 1 is 0.963 bits per heavy atom. The molecule has 2 amide bonds. The highest BCUT2D eigenvalue weighted by atomic mass is 32.2. The van der Waals surface area contributed by atoms with E-state index in [9.17, 15) is 9.59 Å². The maximum Gasteiger partial charge on any atom is 0.259 e. The molecule has 0 aliphatic carbocycles. The predicted molar refractivity (Wildman–Crippen MR) is 107 cm³/mol. The highest BCUT2D eigenvalue weighted by molar-refractivity contribution is 7.99. The fourth-order valence-corrected chi connectivity index (χ4v) is 4.11. The van der Waals surface area contributed by atoms with Crippen LogP contribution in [0.1, 0.15) is 26.3 Å². The van der Waals surface area contributed by atoms with Crippen molar-refractivity contribution in [3.63, 3.8) is 0 Å². The molecule has 27 heavy (non-hydrogen) atoms. The molecule has 1 N–H and O–H groups in total. The number of nitrogens with one attached hydrogen (secondary N) is 1. The molecule has 5 heteroatoms. The van der Waals surface area contributed by atoms with Gasteiger partial charge in [-0.05, 0) is 35.9 Å². The fourth-order valence-electron chi connectivity index (χ4n) is 3.03. The number of benzene rings is 3. The molecule has 0 aromatic heterocycles. The Kier molecular flexibility index (Phi) is 4.69. The third-order valence-electron chi connectivity index (χ3n) is 4.52. The molecule has 134 valence electrons. The van der Waals surface area contributed by atoms with Crippen LogP contribution >= 0.6 is 11.8 Å². The second kappa shape index (κ2) is 7.29. The van der Waals surface area contributed by atoms with Crippen molar-refractivity contribution < 1.29 is 9.59 Å². The van der Waals surface area contributed by atoms with Gasteiger partial charge in [0.15, 0.2) is 0 Å². The summed E-state index contributed by atoms with van der Waals surface area (Å²) in [5.74, 6) is -0.229. The maximum atomic E-state index is 12.8. The van der Waals surface area contributed by atoms with Crippen molar-refractivity contribution in [2.45, 2.75) is 16.3 Å². The first-order valence-electron chi connectivity index (χ1n) is 8.64. The summed E-state index contributed by atoms with van der Waals surface area (Å²) in [5, 5.41) is 2.93. The van der Waals surface area contributed by atoms with E-state index in [0.717, 1.165) is 21.0 Å². The summed E-state index contributed by atoms with van der Waals surface area (Å²) in [5.41, 5.74) is 3.00. The zero-order valence-electron chi connectivity index (χ0n) is 14.8. The topological polar surface area (TPSA) is 49.4 Å². The van der Waals surface area contributed by atoms with Gasteiger partial charge in [0.05, 0.1) is 11.3 Å². The highest BCUT2D eigenvalue weighted by Crippen LogP contribution is 2.41. The molecule has 0 fully saturated rings. The Morgan fingerprint density at radius 2 is 1.70 bits per heavy atom. The van der Waals surface area contributed by atoms with Crippen LogP contribution in [-0.4, -0.2) is 18.9 Å². The number of carbonyl (C=O) groups excluding carboxylic acids is 2. The first-order chi connectivity index (χ1) is 13.1. The molecule has 1 aliphatic heterocycles. The predicted octanol–water partition coefficient (Wildman–Crippen LogP) is 4.36. The molecule has 0 bridgehead atoms. The molecule has 4 nitrogen and oxygen atoms in total. The minimum atomic E-state index is -0.158. The second-order valence-electron chi connectivity index (χ2n) is 6.31. The molecule has 1 aliphatic rings. The largest absolute Gasteiger partial charge is 0.348 e. The van der Waals surface area contributed by atoms with Crippen LogP contribution in [0.15, 0.2) is 82.6 Å². The molecule has 0 atom stereocenters. The number of fused-ring (bicyclic) bond motifs is 2. The number of anilines is 1. The summed E-state index contributed by atoms with van der Waals surface area (Å²) in [6.45, 7) is 0.464. The Morgan fingerprint density at radius 3 is 2.52 bits per heavy atom. The summed E-state index contributed by atoms with van der Waals surface area (Å²) in [6.07, 6.45) is 0. The number of carbonyl (C=O) groups is 2. The second-order valence-corrected chi connectivity index (χ2v) is 7.40. The van der Waals surface area contributed by atoms with E-state index in [-0.39, 0.29) is 11.8 Å². The van der Waals surface area contributed by atoms with Crippen LogP contribution in [0.4, 0.5) is 5.69 Å². The first-order valence-corrected chi connectivity index (χ1v) is 9.46. The monoisotopic (exact) mass is 374 g/mol. The van der Waals surface area contributed by atoms with E-state index in [4.69, 9.17) is 0 Å². The quantitative estimate of drug-likeness (QED) is 0.741. The van der Waals surface area contributed by atoms with Crippen molar-refractivity contribution in [2.24, 2.45) is 0 Å². The van der Waals surface area contributed by atoms with Gasteiger partial charge in [-0.25, -0.2) is 0 Å². The molecule has 3 aromatic carbocycles. The summed E-state index contributed by atoms with van der Waals surface area (Å²) in [7, 11) is 1.75. The van der Waals surface area contributed by atoms with Crippen LogP contribution < -0.4 is 10.2 Å². The summed E-state index contributed by atoms with van der Waals surface area (Å²) in [6, 6.07) is 22.8. The van der Waals surface area contributed by atoms with Crippen LogP contribution in [-0.2, 0) is 6.54 Å². The molecule has 0 radical (unpaired) electrons. The van der Waals surface area contributed by atoms with E-state index < -0.39 is 0 Å². The average molecular weight is 374 g/mol. The van der Waals surface area contributed by atoms with Gasteiger partial charge in [-0.2, -0.15) is 0 Å². The van der Waals surface area contributed by atoms with Crippen LogP contribution in [0.25, 0.3) is 0 Å². The standard InChI is InChI=1S/C22H18N2O2S/c1-24-18-13-16(21(25)23-14-15-7-3-2-4-8-15)11-12-20(18)27-19-10-6-5-9-17(19)22(24)26/h2-13H,14H2,1H3,(H,23,25). The summed E-state index contributed by atoms with van der Waals surface area (Å²) >= 11 is 1.55. The first kappa shape index (κ1) is 17.4. The third kappa shape index (κ3) is 3.46. The van der Waals surface area contributed by atoms with Crippen molar-refractivity contribution in [2.75, 3.05) is 11.9 Å². The Hall–Kier alpha value is -3.05. The molecular formula is C22H18N2O2S. The van der Waals surface area contributed by atoms with E-state index in [2.05, 4.69) is 5.32 Å². The molecule has 0 saturated carbocycles. The van der Waals surface area contributed by atoms with Crippen LogP contribution in [0.2, 0.25) is 0 Å². The molecule has 3 aromatic rings. The van der Waals surface area contributed by atoms with Gasteiger partial charge in [-0.1, -0.05) is 54.2 Å². The lowest BCUT2D eigenvalue weighted by molar-refractivity contribution is 0.0948. The van der Waals surface area contributed by atoms with Gasteiger partial charge in [0, 0.05) is 28.9 Å². The van der Waals surface area contributed by atoms with Gasteiger partial charge in [0.1, 0.15) is 0 Å². The van der Waals surface area contributed by atoms with Gasteiger partial charge < -0.3 is 10.2 Å². The van der Waals surface area contributed by atoms with Crippen LogP contribution in [0, 0.1) is 0 Å². The third-order valence-corrected chi connectivity index (χ3v) is 5.66. The van der Waals surface area contributed by atoms with Crippen LogP contribution in [0.5, 0.6) is 0 Å². The van der Waals surface area contributed by atoms with Crippen molar-refractivity contribution >= 4 is 29.3 Å². The number of nitrogens with zero attached hydrogens (tertiary/aromatic N) is 1. The highest BCUT2D eigenvalue weighted by Gasteiger charge is 2.25. The van der Waals surface area contributed by atoms with E-state index in [1.807, 2.05) is 60.7 Å². The molecule has 4 rings (SSSR count). The zero-order chi connectivity index (χ0) is 18.8. The number of hydrogen-bond donors (Lipinski definition) is 1. The lowest BCUT2D eigenvalue weighted by Crippen LogP contribution is -2.27. The lowest BCUT2D eigenvalue weighted by atomic mass is 10.1. The molecule has 0 spiro atoms. The Labute approximate surface area is 162 Å². The molecule has 0 saturated heterocycles. The normalized spacial score (nSPS) is 12.8. The van der Waals surface area contributed by atoms with Crippen LogP contribution in [0.3, 0.4) is 0 Å². The van der Waals surface area contributed by atoms with Crippen molar-refractivity contribution in [1.82, 2.24) is 5.32 Å². The lowest BCUT2D eigenvalue weighted by Gasteiger charge is -2.18. The van der Waals surface area contributed by atoms with Gasteiger partial charge in [0.2, 0.25) is 0 Å². The zero-order valence-corrected chi connectivity index (χ0v) is 15.6. The smallest absolute Gasteiger partial charge is 0.259 e. The maximum absolute atomic E-state index is 12.8. The minimum absolute atomic E-state index is 0.0707. The van der Waals surface area contributed by atoms with Crippen molar-refractivity contribution in [3.05, 3.63) is 89.5 Å². The van der Waals surface area contributed by atoms with E-state index >= 15 is 0 Å². The SMILES string of the molecule is CN1C(=O)c2ccccc2Sc2ccc(C(=O)NCc3ccccc3)cc21. The van der Waals surface area contributed by atoms with E-state index in [0.29, 0.717) is 17.7 Å². The number of amides is 2. The van der Waals surface area contributed by atoms with Gasteiger partial charge in [0.25, 0.3) is 11.8 Å². The molecule has 1 heterocycles. The van der Waals surface area contributed by atoms with Crippen molar-refractivity contribution in [3.8, 4) is 0 Å². The van der Waals surface area contributed by atoms with E-state index in [1.165, 1.54) is 0 Å². The van der Waals surface area contributed by atoms with Crippen molar-refractivity contribution in [1.29, 1.82) is 0 Å². The molecular weight excluding hydrogens is 356 g/mol. The average Bonchev–Trinajstić information content (AvgIpc) is 2.82. The van der Waals surface area contributed by atoms with Gasteiger partial charge >= 0.3 is 0 Å². The Balaban J connectivity index is 1.60. The van der Waals surface area contributed by atoms with Gasteiger partial charge in [-0.3, -0.25) is 9.59 Å². The summed E-state index contributed by atoms with van der Waals surface area (Å²) < 4.78 is 0. The minimum Gasteiger partial charge on any atom is -0.348 e. The molecule has 0 unspecified atom stereocenters. The number of rotatable bonds is 3. The van der Waals surface area contributed by atoms with Gasteiger partial charge in [-0.15, -0.1) is 0 Å². The van der Waals surface area contributed by atoms with E-state index in [1.54, 1.807) is 35.8 Å².